The molecule has 3 N–H and O–H groups in total. The van der Waals surface area contributed by atoms with E-state index in [9.17, 15) is 19.9 Å². The number of nitrogens with one attached hydrogen (secondary N) is 1. The molecule has 1 aliphatic heterocycles. The maximum Gasteiger partial charge on any atom is 0.217 e. The monoisotopic (exact) mass is 415 g/mol. The number of amides is 1. The van der Waals surface area contributed by atoms with Gasteiger partial charge in [-0.05, 0) is 87.2 Å². The smallest absolute Gasteiger partial charge is 0.217 e. The molecule has 7 heteroatoms. The minimum absolute atomic E-state index is 0.0275. The number of likely N-dealkylation sites (tertiary alicyclic amines) is 1. The predicted molar refractivity (Wildman–Crippen MR) is 115 cm³/mol. The SMILES string of the molecule is CC(=O)NC1CCC2(O)C(C)N(CC3CC3)CCC2(c2c(C)ccc(O)c2N=O)C1. The Hall–Kier alpha value is -1.99. The lowest BCUT2D eigenvalue weighted by atomic mass is 9.52. The highest BCUT2D eigenvalue weighted by Gasteiger charge is 2.62. The van der Waals surface area contributed by atoms with Crippen molar-refractivity contribution in [3.05, 3.63) is 28.2 Å². The maximum absolute atomic E-state index is 12.3. The van der Waals surface area contributed by atoms with Crippen molar-refractivity contribution < 1.29 is 15.0 Å². The molecule has 3 aliphatic rings. The van der Waals surface area contributed by atoms with Gasteiger partial charge >= 0.3 is 0 Å². The number of carbonyl (C=O) groups excluding carboxylic acids is 1. The Kier molecular flexibility index (Phi) is 5.39. The van der Waals surface area contributed by atoms with Crippen molar-refractivity contribution in [1.29, 1.82) is 0 Å². The van der Waals surface area contributed by atoms with Gasteiger partial charge in [-0.2, -0.15) is 0 Å². The fourth-order valence-electron chi connectivity index (χ4n) is 6.20. The first-order chi connectivity index (χ1) is 14.2. The van der Waals surface area contributed by atoms with E-state index < -0.39 is 11.0 Å². The lowest BCUT2D eigenvalue weighted by Gasteiger charge is -2.61. The summed E-state index contributed by atoms with van der Waals surface area (Å²) in [5.41, 5.74) is -0.323. The average molecular weight is 416 g/mol. The molecule has 0 aromatic heterocycles. The van der Waals surface area contributed by atoms with Crippen LogP contribution in [-0.2, 0) is 10.2 Å². The molecule has 0 bridgehead atoms. The summed E-state index contributed by atoms with van der Waals surface area (Å²) >= 11 is 0. The highest BCUT2D eigenvalue weighted by Crippen LogP contribution is 2.58. The van der Waals surface area contributed by atoms with Crippen LogP contribution in [0.4, 0.5) is 5.69 Å². The van der Waals surface area contributed by atoms with E-state index in [1.54, 1.807) is 6.07 Å². The first-order valence-electron chi connectivity index (χ1n) is 11.1. The van der Waals surface area contributed by atoms with E-state index in [1.165, 1.54) is 25.8 Å². The molecule has 2 saturated carbocycles. The summed E-state index contributed by atoms with van der Waals surface area (Å²) < 4.78 is 0. The number of phenolic OH excluding ortho intramolecular Hbond substituents is 1. The zero-order valence-corrected chi connectivity index (χ0v) is 18.1. The number of benzene rings is 1. The number of fused-ring (bicyclic) bond motifs is 1. The van der Waals surface area contributed by atoms with Crippen molar-refractivity contribution in [3.8, 4) is 5.75 Å². The summed E-state index contributed by atoms with van der Waals surface area (Å²) in [5, 5.41) is 28.9. The molecule has 1 heterocycles. The molecule has 30 heavy (non-hydrogen) atoms. The fraction of sp³-hybridized carbons (Fsp3) is 0.696. The first kappa shape index (κ1) is 21.2. The number of rotatable bonds is 5. The number of hydrogen-bond acceptors (Lipinski definition) is 6. The van der Waals surface area contributed by atoms with Crippen LogP contribution in [0.15, 0.2) is 17.3 Å². The molecule has 1 amide bonds. The molecular weight excluding hydrogens is 382 g/mol. The van der Waals surface area contributed by atoms with Gasteiger partial charge in [-0.1, -0.05) is 6.07 Å². The zero-order valence-electron chi connectivity index (χ0n) is 18.1. The number of carbonyl (C=O) groups is 1. The van der Waals surface area contributed by atoms with Gasteiger partial charge in [-0.3, -0.25) is 9.69 Å². The van der Waals surface area contributed by atoms with Crippen LogP contribution >= 0.6 is 0 Å². The molecule has 2 aliphatic carbocycles. The van der Waals surface area contributed by atoms with Crippen molar-refractivity contribution in [3.63, 3.8) is 0 Å². The van der Waals surface area contributed by atoms with Gasteiger partial charge in [0.15, 0.2) is 5.69 Å². The van der Waals surface area contributed by atoms with Crippen molar-refractivity contribution in [2.75, 3.05) is 13.1 Å². The Bertz CT molecular complexity index is 855. The topological polar surface area (TPSA) is 102 Å². The molecular formula is C23H33N3O4. The zero-order chi connectivity index (χ0) is 21.7. The number of aromatic hydroxyl groups is 1. The Morgan fingerprint density at radius 3 is 2.67 bits per heavy atom. The van der Waals surface area contributed by atoms with Gasteiger partial charge in [0.25, 0.3) is 0 Å². The first-order valence-corrected chi connectivity index (χ1v) is 11.1. The standard InChI is InChI=1S/C23H33N3O4/c1-14-4-7-19(28)21(25-30)20(14)22-10-11-26(13-17-5-6-17)15(2)23(22,29)9-8-18(12-22)24-16(3)27/h4,7,15,17-18,28-29H,5-6,8-13H2,1-3H3,(H,24,27). The molecule has 0 radical (unpaired) electrons. The maximum atomic E-state index is 12.3. The molecule has 3 fully saturated rings. The summed E-state index contributed by atoms with van der Waals surface area (Å²) in [4.78, 5) is 26.0. The van der Waals surface area contributed by atoms with Crippen molar-refractivity contribution >= 4 is 11.6 Å². The minimum Gasteiger partial charge on any atom is -0.506 e. The van der Waals surface area contributed by atoms with Gasteiger partial charge in [0, 0.05) is 31.0 Å². The second-order valence-electron chi connectivity index (χ2n) is 9.73. The third-order valence-corrected chi connectivity index (χ3v) is 7.89. The van der Waals surface area contributed by atoms with Crippen LogP contribution in [0.2, 0.25) is 0 Å². The Labute approximate surface area is 177 Å². The lowest BCUT2D eigenvalue weighted by Crippen LogP contribution is -2.71. The van der Waals surface area contributed by atoms with Crippen molar-refractivity contribution in [1.82, 2.24) is 10.2 Å². The number of hydrogen-bond donors (Lipinski definition) is 3. The van der Waals surface area contributed by atoms with E-state index in [0.29, 0.717) is 37.2 Å². The van der Waals surface area contributed by atoms with Crippen LogP contribution in [0.3, 0.4) is 0 Å². The van der Waals surface area contributed by atoms with Gasteiger partial charge in [0.05, 0.1) is 5.60 Å². The molecule has 0 spiro atoms. The molecule has 4 unspecified atom stereocenters. The van der Waals surface area contributed by atoms with Crippen LogP contribution in [-0.4, -0.2) is 51.8 Å². The molecule has 4 rings (SSSR count). The molecule has 1 aromatic rings. The van der Waals surface area contributed by atoms with Gasteiger partial charge in [-0.15, -0.1) is 4.91 Å². The summed E-state index contributed by atoms with van der Waals surface area (Å²) in [6.45, 7) is 7.29. The Morgan fingerprint density at radius 1 is 1.30 bits per heavy atom. The number of nitrogens with zero attached hydrogens (tertiary/aromatic N) is 2. The largest absolute Gasteiger partial charge is 0.506 e. The van der Waals surface area contributed by atoms with E-state index in [2.05, 4.69) is 22.3 Å². The van der Waals surface area contributed by atoms with Crippen LogP contribution in [0, 0.1) is 17.7 Å². The van der Waals surface area contributed by atoms with Gasteiger partial charge < -0.3 is 15.5 Å². The Morgan fingerprint density at radius 2 is 2.03 bits per heavy atom. The van der Waals surface area contributed by atoms with Gasteiger partial charge in [-0.25, -0.2) is 0 Å². The lowest BCUT2D eigenvalue weighted by molar-refractivity contribution is -0.160. The van der Waals surface area contributed by atoms with Crippen LogP contribution in [0.25, 0.3) is 0 Å². The van der Waals surface area contributed by atoms with E-state index >= 15 is 0 Å². The number of aliphatic hydroxyl groups is 1. The summed E-state index contributed by atoms with van der Waals surface area (Å²) in [7, 11) is 0. The van der Waals surface area contributed by atoms with Crippen molar-refractivity contribution in [2.24, 2.45) is 11.1 Å². The fourth-order valence-corrected chi connectivity index (χ4v) is 6.20. The van der Waals surface area contributed by atoms with Crippen LogP contribution < -0.4 is 5.32 Å². The van der Waals surface area contributed by atoms with E-state index in [4.69, 9.17) is 0 Å². The summed E-state index contributed by atoms with van der Waals surface area (Å²) in [6, 6.07) is 3.10. The highest BCUT2D eigenvalue weighted by molar-refractivity contribution is 5.73. The minimum atomic E-state index is -1.08. The molecule has 7 nitrogen and oxygen atoms in total. The molecule has 164 valence electrons. The molecule has 4 atom stereocenters. The molecule has 1 aromatic carbocycles. The number of aryl methyl sites for hydroxylation is 1. The number of piperidine rings is 1. The average Bonchev–Trinajstić information content (AvgIpc) is 3.51. The number of phenols is 1. The van der Waals surface area contributed by atoms with Crippen LogP contribution in [0.5, 0.6) is 5.75 Å². The van der Waals surface area contributed by atoms with Crippen molar-refractivity contribution in [2.45, 2.75) is 82.4 Å². The molecule has 1 saturated heterocycles. The third-order valence-electron chi connectivity index (χ3n) is 7.89. The van der Waals surface area contributed by atoms with E-state index in [1.807, 2.05) is 6.92 Å². The van der Waals surface area contributed by atoms with E-state index in [0.717, 1.165) is 18.7 Å². The predicted octanol–water partition coefficient (Wildman–Crippen LogP) is 3.26. The van der Waals surface area contributed by atoms with Gasteiger partial charge in [0.2, 0.25) is 5.91 Å². The third kappa shape index (κ3) is 3.32. The summed E-state index contributed by atoms with van der Waals surface area (Å²) in [6.07, 6.45) is 4.89. The Balaban J connectivity index is 1.83. The second kappa shape index (κ2) is 7.61. The van der Waals surface area contributed by atoms with E-state index in [-0.39, 0.29) is 29.4 Å². The quantitative estimate of drug-likeness (QED) is 0.641. The highest BCUT2D eigenvalue weighted by atomic mass is 16.3. The van der Waals surface area contributed by atoms with Crippen LogP contribution in [0.1, 0.15) is 63.5 Å². The normalized spacial score (nSPS) is 34.3. The number of nitroso groups, excluding NO2 is 1. The van der Waals surface area contributed by atoms with Gasteiger partial charge in [0.1, 0.15) is 5.75 Å². The summed E-state index contributed by atoms with van der Waals surface area (Å²) in [5.74, 6) is 0.465. The second-order valence-corrected chi connectivity index (χ2v) is 9.73.